The summed E-state index contributed by atoms with van der Waals surface area (Å²) >= 11 is 0. The average molecular weight is 448 g/mol. The number of nitrogens with one attached hydrogen (secondary N) is 2. The van der Waals surface area contributed by atoms with Gasteiger partial charge in [0.15, 0.2) is 0 Å². The van der Waals surface area contributed by atoms with Crippen molar-refractivity contribution in [2.24, 2.45) is 5.10 Å². The number of nitro groups is 1. The van der Waals surface area contributed by atoms with Crippen molar-refractivity contribution in [3.63, 3.8) is 0 Å². The zero-order valence-corrected chi connectivity index (χ0v) is 17.8. The minimum Gasteiger partial charge on any atom is -0.497 e. The Hall–Kier alpha value is -4.73. The summed E-state index contributed by atoms with van der Waals surface area (Å²) in [6.07, 6.45) is 1.42. The molecule has 0 fully saturated rings. The molecule has 3 aromatic rings. The lowest BCUT2D eigenvalue weighted by molar-refractivity contribution is -0.384. The number of carbonyl (C=O) groups is 2. The van der Waals surface area contributed by atoms with Crippen LogP contribution in [-0.2, 0) is 0 Å². The van der Waals surface area contributed by atoms with Crippen LogP contribution in [0.4, 0.5) is 11.4 Å². The molecule has 0 aliphatic rings. The normalized spacial score (nSPS) is 10.5. The Bertz CT molecular complexity index is 1210. The third-order valence-corrected chi connectivity index (χ3v) is 4.57. The third-order valence-electron chi connectivity index (χ3n) is 4.57. The number of amides is 2. The first-order valence-corrected chi connectivity index (χ1v) is 9.63. The zero-order chi connectivity index (χ0) is 23.8. The van der Waals surface area contributed by atoms with Crippen molar-refractivity contribution in [1.29, 1.82) is 0 Å². The molecule has 0 unspecified atom stereocenters. The molecule has 0 atom stereocenters. The highest BCUT2D eigenvalue weighted by atomic mass is 16.6. The van der Waals surface area contributed by atoms with E-state index in [2.05, 4.69) is 15.8 Å². The van der Waals surface area contributed by atoms with Crippen molar-refractivity contribution < 1.29 is 24.0 Å². The van der Waals surface area contributed by atoms with Crippen molar-refractivity contribution in [2.45, 2.75) is 0 Å². The SMILES string of the molecule is COc1ccc(/C=N\NC(=O)c2ccccc2NC(=O)c2ccc([N+](=O)[O-])cc2)c(OC)c1. The Labute approximate surface area is 189 Å². The Morgan fingerprint density at radius 2 is 1.70 bits per heavy atom. The van der Waals surface area contributed by atoms with Crippen LogP contribution in [0.15, 0.2) is 71.8 Å². The van der Waals surface area contributed by atoms with Gasteiger partial charge in [-0.3, -0.25) is 19.7 Å². The Balaban J connectivity index is 1.72. The highest BCUT2D eigenvalue weighted by Crippen LogP contribution is 2.23. The molecule has 3 aromatic carbocycles. The lowest BCUT2D eigenvalue weighted by Crippen LogP contribution is -2.21. The van der Waals surface area contributed by atoms with Gasteiger partial charge in [0.05, 0.1) is 36.6 Å². The second kappa shape index (κ2) is 10.5. The van der Waals surface area contributed by atoms with Crippen LogP contribution in [0.2, 0.25) is 0 Å². The highest BCUT2D eigenvalue weighted by Gasteiger charge is 2.15. The maximum atomic E-state index is 12.6. The summed E-state index contributed by atoms with van der Waals surface area (Å²) in [5.74, 6) is 0.0729. The van der Waals surface area contributed by atoms with Crippen LogP contribution >= 0.6 is 0 Å². The lowest BCUT2D eigenvalue weighted by atomic mass is 10.1. The van der Waals surface area contributed by atoms with Crippen LogP contribution in [-0.4, -0.2) is 37.2 Å². The predicted molar refractivity (Wildman–Crippen MR) is 122 cm³/mol. The molecule has 0 bridgehead atoms. The molecular formula is C23H20N4O6. The van der Waals surface area contributed by atoms with E-state index in [4.69, 9.17) is 9.47 Å². The van der Waals surface area contributed by atoms with Crippen molar-refractivity contribution >= 4 is 29.4 Å². The Morgan fingerprint density at radius 1 is 0.970 bits per heavy atom. The summed E-state index contributed by atoms with van der Waals surface area (Å²) in [5, 5.41) is 17.4. The molecule has 168 valence electrons. The topological polar surface area (TPSA) is 132 Å². The second-order valence-electron chi connectivity index (χ2n) is 6.61. The second-order valence-corrected chi connectivity index (χ2v) is 6.61. The molecule has 3 rings (SSSR count). The van der Waals surface area contributed by atoms with Crippen molar-refractivity contribution in [2.75, 3.05) is 19.5 Å². The van der Waals surface area contributed by atoms with Crippen LogP contribution < -0.4 is 20.2 Å². The molecule has 0 aliphatic heterocycles. The molecule has 0 heterocycles. The number of nitro benzene ring substituents is 1. The van der Waals surface area contributed by atoms with Gasteiger partial charge in [-0.05, 0) is 36.4 Å². The van der Waals surface area contributed by atoms with Crippen LogP contribution in [0.3, 0.4) is 0 Å². The van der Waals surface area contributed by atoms with Gasteiger partial charge in [0, 0.05) is 29.3 Å². The molecule has 0 saturated carbocycles. The number of rotatable bonds is 8. The molecule has 0 saturated heterocycles. The van der Waals surface area contributed by atoms with E-state index in [-0.39, 0.29) is 22.5 Å². The first kappa shape index (κ1) is 22.9. The molecular weight excluding hydrogens is 428 g/mol. The number of hydrogen-bond donors (Lipinski definition) is 2. The summed E-state index contributed by atoms with van der Waals surface area (Å²) < 4.78 is 10.4. The molecule has 2 N–H and O–H groups in total. The van der Waals surface area contributed by atoms with Gasteiger partial charge in [-0.1, -0.05) is 12.1 Å². The summed E-state index contributed by atoms with van der Waals surface area (Å²) in [6.45, 7) is 0. The van der Waals surface area contributed by atoms with Crippen LogP contribution in [0.25, 0.3) is 0 Å². The zero-order valence-electron chi connectivity index (χ0n) is 17.8. The molecule has 0 aliphatic carbocycles. The predicted octanol–water partition coefficient (Wildman–Crippen LogP) is 3.63. The van der Waals surface area contributed by atoms with E-state index >= 15 is 0 Å². The standard InChI is InChI=1S/C23H20N4O6/c1-32-18-12-9-16(21(13-18)33-2)14-24-26-23(29)19-5-3-4-6-20(19)25-22(28)15-7-10-17(11-8-15)27(30)31/h3-14H,1-2H3,(H,25,28)(H,26,29)/b24-14-. The van der Waals surface area contributed by atoms with Gasteiger partial charge < -0.3 is 14.8 Å². The minimum absolute atomic E-state index is 0.127. The van der Waals surface area contributed by atoms with Crippen molar-refractivity contribution in [3.05, 3.63) is 93.5 Å². The van der Waals surface area contributed by atoms with Gasteiger partial charge in [-0.15, -0.1) is 0 Å². The van der Waals surface area contributed by atoms with Gasteiger partial charge >= 0.3 is 0 Å². The molecule has 33 heavy (non-hydrogen) atoms. The number of benzene rings is 3. The molecule has 0 spiro atoms. The van der Waals surface area contributed by atoms with E-state index in [9.17, 15) is 19.7 Å². The van der Waals surface area contributed by atoms with Crippen LogP contribution in [0, 0.1) is 10.1 Å². The van der Waals surface area contributed by atoms with Gasteiger partial charge in [-0.2, -0.15) is 5.10 Å². The quantitative estimate of drug-likeness (QED) is 0.307. The first-order chi connectivity index (χ1) is 15.9. The number of carbonyl (C=O) groups excluding carboxylic acids is 2. The monoisotopic (exact) mass is 448 g/mol. The number of non-ortho nitro benzene ring substituents is 1. The maximum Gasteiger partial charge on any atom is 0.273 e. The molecule has 10 heteroatoms. The van der Waals surface area contributed by atoms with E-state index in [0.717, 1.165) is 0 Å². The number of ether oxygens (including phenoxy) is 2. The van der Waals surface area contributed by atoms with Gasteiger partial charge in [0.1, 0.15) is 11.5 Å². The smallest absolute Gasteiger partial charge is 0.273 e. The third kappa shape index (κ3) is 5.70. The summed E-state index contributed by atoms with van der Waals surface area (Å²) in [4.78, 5) is 35.4. The summed E-state index contributed by atoms with van der Waals surface area (Å²) in [5.41, 5.74) is 3.57. The van der Waals surface area contributed by atoms with Gasteiger partial charge in [-0.25, -0.2) is 5.43 Å². The van der Waals surface area contributed by atoms with E-state index < -0.39 is 16.7 Å². The number of hydrogen-bond acceptors (Lipinski definition) is 7. The fourth-order valence-electron chi connectivity index (χ4n) is 2.86. The van der Waals surface area contributed by atoms with Gasteiger partial charge in [0.2, 0.25) is 0 Å². The minimum atomic E-state index is -0.552. The van der Waals surface area contributed by atoms with Crippen LogP contribution in [0.1, 0.15) is 26.3 Å². The lowest BCUT2D eigenvalue weighted by Gasteiger charge is -2.10. The Morgan fingerprint density at radius 3 is 2.36 bits per heavy atom. The Kier molecular flexibility index (Phi) is 7.32. The average Bonchev–Trinajstić information content (AvgIpc) is 2.84. The fraction of sp³-hybridized carbons (Fsp3) is 0.0870. The van der Waals surface area contributed by atoms with E-state index in [1.165, 1.54) is 43.7 Å². The summed E-state index contributed by atoms with van der Waals surface area (Å²) in [6, 6.07) is 16.7. The van der Waals surface area contributed by atoms with E-state index in [1.807, 2.05) is 0 Å². The molecule has 0 aromatic heterocycles. The van der Waals surface area contributed by atoms with E-state index in [0.29, 0.717) is 17.1 Å². The number of para-hydroxylation sites is 1. The van der Waals surface area contributed by atoms with Crippen molar-refractivity contribution in [1.82, 2.24) is 5.43 Å². The summed E-state index contributed by atoms with van der Waals surface area (Å²) in [7, 11) is 3.05. The fourth-order valence-corrected chi connectivity index (χ4v) is 2.86. The first-order valence-electron chi connectivity index (χ1n) is 9.63. The number of anilines is 1. The number of methoxy groups -OCH3 is 2. The van der Waals surface area contributed by atoms with E-state index in [1.54, 1.807) is 43.5 Å². The number of hydrazone groups is 1. The molecule has 0 radical (unpaired) electrons. The number of nitrogens with zero attached hydrogens (tertiary/aromatic N) is 2. The van der Waals surface area contributed by atoms with Crippen molar-refractivity contribution in [3.8, 4) is 11.5 Å². The maximum absolute atomic E-state index is 12.6. The molecule has 10 nitrogen and oxygen atoms in total. The highest BCUT2D eigenvalue weighted by molar-refractivity contribution is 6.09. The van der Waals surface area contributed by atoms with Gasteiger partial charge in [0.25, 0.3) is 17.5 Å². The molecule has 2 amide bonds. The van der Waals surface area contributed by atoms with Crippen LogP contribution in [0.5, 0.6) is 11.5 Å². The largest absolute Gasteiger partial charge is 0.497 e.